The van der Waals surface area contributed by atoms with E-state index < -0.39 is 18.1 Å². The molecule has 0 heterocycles. The van der Waals surface area contributed by atoms with Crippen molar-refractivity contribution < 1.29 is 19.4 Å². The summed E-state index contributed by atoms with van der Waals surface area (Å²) in [5.74, 6) is -1.01. The molecule has 1 atom stereocenters. The standard InChI is InChI=1S/C17H16BrNO4/c18-14-9-5-4-8-13(14)15(10-16(20)21)19-17(22)23-11-12-6-2-1-3-7-12/h1-9,15H,10-11H2,(H,19,22)(H,20,21). The van der Waals surface area contributed by atoms with Crippen LogP contribution in [0.15, 0.2) is 59.1 Å². The molecule has 0 saturated carbocycles. The number of carbonyl (C=O) groups is 2. The first-order valence-electron chi connectivity index (χ1n) is 6.99. The number of halogens is 1. The quantitative estimate of drug-likeness (QED) is 0.800. The number of hydrogen-bond donors (Lipinski definition) is 2. The number of nitrogens with one attached hydrogen (secondary N) is 1. The van der Waals surface area contributed by atoms with E-state index in [1.54, 1.807) is 18.2 Å². The number of alkyl carbamates (subject to hydrolysis) is 1. The van der Waals surface area contributed by atoms with Gasteiger partial charge in [0.15, 0.2) is 0 Å². The fourth-order valence-electron chi connectivity index (χ4n) is 2.08. The fraction of sp³-hybridized carbons (Fsp3) is 0.176. The molecule has 0 aliphatic heterocycles. The predicted molar refractivity (Wildman–Crippen MR) is 88.9 cm³/mol. The van der Waals surface area contributed by atoms with Crippen LogP contribution in [-0.2, 0) is 16.1 Å². The number of hydrogen-bond acceptors (Lipinski definition) is 3. The molecule has 1 unspecified atom stereocenters. The molecule has 0 bridgehead atoms. The second-order valence-electron chi connectivity index (χ2n) is 4.88. The van der Waals surface area contributed by atoms with Crippen molar-refractivity contribution >= 4 is 28.0 Å². The van der Waals surface area contributed by atoms with E-state index in [-0.39, 0.29) is 13.0 Å². The molecule has 0 saturated heterocycles. The van der Waals surface area contributed by atoms with E-state index in [4.69, 9.17) is 9.84 Å². The summed E-state index contributed by atoms with van der Waals surface area (Å²) >= 11 is 3.37. The van der Waals surface area contributed by atoms with Crippen molar-refractivity contribution in [3.05, 3.63) is 70.2 Å². The molecule has 1 amide bonds. The lowest BCUT2D eigenvalue weighted by atomic mass is 10.0. The summed E-state index contributed by atoms with van der Waals surface area (Å²) in [5, 5.41) is 11.7. The van der Waals surface area contributed by atoms with E-state index >= 15 is 0 Å². The number of amides is 1. The maximum Gasteiger partial charge on any atom is 0.407 e. The molecule has 0 spiro atoms. The number of carboxylic acids is 1. The minimum absolute atomic E-state index is 0.127. The van der Waals surface area contributed by atoms with Crippen molar-refractivity contribution in [3.8, 4) is 0 Å². The van der Waals surface area contributed by atoms with Crippen LogP contribution in [0.1, 0.15) is 23.6 Å². The monoisotopic (exact) mass is 377 g/mol. The SMILES string of the molecule is O=C(O)CC(NC(=O)OCc1ccccc1)c1ccccc1Br. The third-order valence-electron chi connectivity index (χ3n) is 3.16. The minimum Gasteiger partial charge on any atom is -0.481 e. The van der Waals surface area contributed by atoms with Gasteiger partial charge in [-0.2, -0.15) is 0 Å². The highest BCUT2D eigenvalue weighted by molar-refractivity contribution is 9.10. The Morgan fingerprint density at radius 1 is 1.09 bits per heavy atom. The maximum absolute atomic E-state index is 12.0. The third kappa shape index (κ3) is 5.41. The van der Waals surface area contributed by atoms with Gasteiger partial charge in [0.25, 0.3) is 0 Å². The summed E-state index contributed by atoms with van der Waals surface area (Å²) in [5.41, 5.74) is 1.55. The zero-order valence-corrected chi connectivity index (χ0v) is 13.8. The summed E-state index contributed by atoms with van der Waals surface area (Å²) in [7, 11) is 0. The van der Waals surface area contributed by atoms with Crippen molar-refractivity contribution in [2.75, 3.05) is 0 Å². The molecule has 0 fully saturated rings. The van der Waals surface area contributed by atoms with Crippen LogP contribution in [0.2, 0.25) is 0 Å². The molecule has 2 rings (SSSR count). The number of aliphatic carboxylic acids is 1. The average Bonchev–Trinajstić information content (AvgIpc) is 2.53. The molecule has 0 aromatic heterocycles. The highest BCUT2D eigenvalue weighted by Gasteiger charge is 2.20. The second kappa shape index (κ2) is 8.33. The van der Waals surface area contributed by atoms with Gasteiger partial charge in [-0.05, 0) is 17.2 Å². The minimum atomic E-state index is -1.01. The zero-order valence-electron chi connectivity index (χ0n) is 12.2. The van der Waals surface area contributed by atoms with E-state index in [9.17, 15) is 9.59 Å². The van der Waals surface area contributed by atoms with Crippen molar-refractivity contribution in [1.29, 1.82) is 0 Å². The largest absolute Gasteiger partial charge is 0.481 e. The van der Waals surface area contributed by atoms with Gasteiger partial charge in [-0.15, -0.1) is 0 Å². The molecule has 6 heteroatoms. The lowest BCUT2D eigenvalue weighted by Crippen LogP contribution is -2.30. The number of carboxylic acid groups (broad SMARTS) is 1. The van der Waals surface area contributed by atoms with Crippen LogP contribution < -0.4 is 5.32 Å². The normalized spacial score (nSPS) is 11.5. The second-order valence-corrected chi connectivity index (χ2v) is 5.73. The Kier molecular flexibility index (Phi) is 6.17. The van der Waals surface area contributed by atoms with Gasteiger partial charge < -0.3 is 15.2 Å². The molecule has 2 aromatic rings. The van der Waals surface area contributed by atoms with E-state index in [0.717, 1.165) is 10.0 Å². The smallest absolute Gasteiger partial charge is 0.407 e. The van der Waals surface area contributed by atoms with Crippen molar-refractivity contribution in [1.82, 2.24) is 5.32 Å². The lowest BCUT2D eigenvalue weighted by molar-refractivity contribution is -0.137. The number of benzene rings is 2. The molecular weight excluding hydrogens is 362 g/mol. The summed E-state index contributed by atoms with van der Waals surface area (Å²) in [6.45, 7) is 0.127. The van der Waals surface area contributed by atoms with Gasteiger partial charge >= 0.3 is 12.1 Å². The Morgan fingerprint density at radius 3 is 2.39 bits per heavy atom. The molecule has 5 nitrogen and oxygen atoms in total. The van der Waals surface area contributed by atoms with E-state index in [0.29, 0.717) is 5.56 Å². The Labute approximate surface area is 142 Å². The molecule has 0 radical (unpaired) electrons. The molecule has 2 N–H and O–H groups in total. The molecule has 23 heavy (non-hydrogen) atoms. The van der Waals surface area contributed by atoms with E-state index in [1.807, 2.05) is 36.4 Å². The van der Waals surface area contributed by atoms with Crippen LogP contribution >= 0.6 is 15.9 Å². The molecule has 0 aliphatic rings. The summed E-state index contributed by atoms with van der Waals surface area (Å²) in [6.07, 6.45) is -0.890. The van der Waals surface area contributed by atoms with Gasteiger partial charge in [0.1, 0.15) is 6.61 Å². The van der Waals surface area contributed by atoms with Gasteiger partial charge in [0.05, 0.1) is 12.5 Å². The van der Waals surface area contributed by atoms with Gasteiger partial charge in [0.2, 0.25) is 0 Å². The van der Waals surface area contributed by atoms with E-state index in [2.05, 4.69) is 21.2 Å². The fourth-order valence-corrected chi connectivity index (χ4v) is 2.64. The first-order valence-corrected chi connectivity index (χ1v) is 7.79. The molecule has 120 valence electrons. The highest BCUT2D eigenvalue weighted by Crippen LogP contribution is 2.25. The van der Waals surface area contributed by atoms with Gasteiger partial charge in [-0.1, -0.05) is 64.5 Å². The van der Waals surface area contributed by atoms with Crippen LogP contribution in [0.25, 0.3) is 0 Å². The Balaban J connectivity index is 2.01. The van der Waals surface area contributed by atoms with Gasteiger partial charge in [0, 0.05) is 4.47 Å². The average molecular weight is 378 g/mol. The van der Waals surface area contributed by atoms with Crippen molar-refractivity contribution in [2.45, 2.75) is 19.1 Å². The zero-order chi connectivity index (χ0) is 16.7. The first kappa shape index (κ1) is 17.0. The van der Waals surface area contributed by atoms with Crippen molar-refractivity contribution in [2.24, 2.45) is 0 Å². The van der Waals surface area contributed by atoms with E-state index in [1.165, 1.54) is 0 Å². The van der Waals surface area contributed by atoms with Gasteiger partial charge in [-0.25, -0.2) is 4.79 Å². The summed E-state index contributed by atoms with van der Waals surface area (Å²) in [4.78, 5) is 23.0. The molecule has 0 aliphatic carbocycles. The number of rotatable bonds is 6. The van der Waals surface area contributed by atoms with Gasteiger partial charge in [-0.3, -0.25) is 4.79 Å². The maximum atomic E-state index is 12.0. The van der Waals surface area contributed by atoms with Crippen LogP contribution in [0.4, 0.5) is 4.79 Å². The summed E-state index contributed by atoms with van der Waals surface area (Å²) in [6, 6.07) is 15.7. The highest BCUT2D eigenvalue weighted by atomic mass is 79.9. The first-order chi connectivity index (χ1) is 11.1. The number of carbonyl (C=O) groups excluding carboxylic acids is 1. The Hall–Kier alpha value is -2.34. The predicted octanol–water partition coefficient (Wildman–Crippen LogP) is 3.89. The third-order valence-corrected chi connectivity index (χ3v) is 3.89. The lowest BCUT2D eigenvalue weighted by Gasteiger charge is -2.18. The topological polar surface area (TPSA) is 75.6 Å². The molecule has 2 aromatic carbocycles. The number of ether oxygens (including phenoxy) is 1. The summed E-state index contributed by atoms with van der Waals surface area (Å²) < 4.78 is 5.87. The Morgan fingerprint density at radius 2 is 1.74 bits per heavy atom. The Bertz CT molecular complexity index is 675. The van der Waals surface area contributed by atoms with Crippen molar-refractivity contribution in [3.63, 3.8) is 0 Å². The van der Waals surface area contributed by atoms with Crippen LogP contribution in [-0.4, -0.2) is 17.2 Å². The van der Waals surface area contributed by atoms with Crippen LogP contribution in [0.3, 0.4) is 0 Å². The van der Waals surface area contributed by atoms with Crippen LogP contribution in [0.5, 0.6) is 0 Å². The molecular formula is C17H16BrNO4. The van der Waals surface area contributed by atoms with Crippen LogP contribution in [0, 0.1) is 0 Å².